The minimum absolute atomic E-state index is 0. The van der Waals surface area contributed by atoms with Crippen LogP contribution in [0.5, 0.6) is 5.75 Å². The van der Waals surface area contributed by atoms with Crippen LogP contribution < -0.4 is 10.1 Å². The lowest BCUT2D eigenvalue weighted by molar-refractivity contribution is -0.192. The number of nitrogens with one attached hydrogen (secondary N) is 2. The molecule has 6 N–H and O–H groups in total. The lowest BCUT2D eigenvalue weighted by atomic mass is 9.99. The fourth-order valence-electron chi connectivity index (χ4n) is 2.61. The number of carboxylic acid groups (broad SMARTS) is 2. The van der Waals surface area contributed by atoms with Crippen molar-refractivity contribution in [2.45, 2.75) is 18.6 Å². The lowest BCUT2D eigenvalue weighted by Crippen LogP contribution is -2.34. The fourth-order valence-corrected chi connectivity index (χ4v) is 2.61. The number of H-pyrrole nitrogens is 1. The monoisotopic (exact) mass is 378 g/mol. The van der Waals surface area contributed by atoms with Crippen molar-refractivity contribution in [3.05, 3.63) is 29.5 Å². The third-order valence-corrected chi connectivity index (χ3v) is 3.66. The van der Waals surface area contributed by atoms with Gasteiger partial charge in [-0.2, -0.15) is 13.2 Å². The van der Waals surface area contributed by atoms with Crippen molar-refractivity contribution < 1.29 is 43.2 Å². The first-order valence-corrected chi connectivity index (χ1v) is 7.10. The third kappa shape index (κ3) is 4.24. The van der Waals surface area contributed by atoms with Gasteiger partial charge in [0, 0.05) is 17.6 Å². The number of hydrogen-bond acceptors (Lipinski definition) is 4. The van der Waals surface area contributed by atoms with Crippen molar-refractivity contribution in [2.75, 3.05) is 13.7 Å². The smallest absolute Gasteiger partial charge is 0.490 e. The molecule has 0 spiro atoms. The van der Waals surface area contributed by atoms with E-state index in [1.807, 2.05) is 18.2 Å². The van der Waals surface area contributed by atoms with Gasteiger partial charge in [-0.25, -0.2) is 4.79 Å². The Morgan fingerprint density at radius 1 is 1.27 bits per heavy atom. The Morgan fingerprint density at radius 2 is 1.88 bits per heavy atom. The number of alkyl halides is 3. The molecular weight excluding hydrogens is 361 g/mol. The Balaban J connectivity index is 0.000000366. The largest absolute Gasteiger partial charge is 0.495 e. The number of aromatic amines is 1. The third-order valence-electron chi connectivity index (χ3n) is 3.66. The molecule has 1 aliphatic heterocycles. The second kappa shape index (κ2) is 8.06. The molecule has 1 aliphatic rings. The van der Waals surface area contributed by atoms with Crippen LogP contribution >= 0.6 is 0 Å². The van der Waals surface area contributed by atoms with E-state index in [0.29, 0.717) is 6.54 Å². The molecule has 0 bridgehead atoms. The molecule has 1 aromatic carbocycles. The second-order valence-electron chi connectivity index (χ2n) is 5.18. The molecule has 0 aliphatic carbocycles. The zero-order valence-electron chi connectivity index (χ0n) is 13.5. The first-order chi connectivity index (χ1) is 11.7. The number of rotatable bonds is 2. The number of aliphatic carboxylic acids is 2. The summed E-state index contributed by atoms with van der Waals surface area (Å²) in [5.41, 5.74) is 2.70. The van der Waals surface area contributed by atoms with E-state index in [2.05, 4.69) is 10.3 Å². The first-order valence-electron chi connectivity index (χ1n) is 7.10. The number of para-hydroxylation sites is 1. The number of benzene rings is 1. The van der Waals surface area contributed by atoms with Crippen LogP contribution in [-0.4, -0.2) is 52.4 Å². The predicted octanol–water partition coefficient (Wildman–Crippen LogP) is 1.26. The van der Waals surface area contributed by atoms with Crippen molar-refractivity contribution in [1.29, 1.82) is 0 Å². The summed E-state index contributed by atoms with van der Waals surface area (Å²) >= 11 is 0. The minimum Gasteiger partial charge on any atom is -0.495 e. The van der Waals surface area contributed by atoms with Crippen LogP contribution in [0.4, 0.5) is 13.2 Å². The van der Waals surface area contributed by atoms with Gasteiger partial charge in [0.25, 0.3) is 0 Å². The fraction of sp³-hybridized carbons (Fsp3) is 0.333. The lowest BCUT2D eigenvalue weighted by Gasteiger charge is -2.20. The van der Waals surface area contributed by atoms with Crippen LogP contribution in [0, 0.1) is 0 Å². The topological polar surface area (TPSA) is 143 Å². The van der Waals surface area contributed by atoms with Crippen molar-refractivity contribution in [3.8, 4) is 5.75 Å². The maximum absolute atomic E-state index is 11.2. The molecule has 0 amide bonds. The van der Waals surface area contributed by atoms with Gasteiger partial charge < -0.3 is 25.4 Å². The summed E-state index contributed by atoms with van der Waals surface area (Å²) in [6, 6.07) is 5.13. The van der Waals surface area contributed by atoms with Crippen molar-refractivity contribution in [2.24, 2.45) is 0 Å². The molecule has 0 fully saturated rings. The summed E-state index contributed by atoms with van der Waals surface area (Å²) < 4.78 is 37.0. The standard InChI is InChI=1S/C13H14N2O3.C2HF3O2.H2O/c1-18-9-4-2-3-7-8-5-6-14-12(13(16)17)11(8)15-10(7)9;3-2(4,5)1(6)7;/h2-4,12,14-15H,5-6H2,1H3,(H,16,17);(H,6,7);1H2. The molecule has 26 heavy (non-hydrogen) atoms. The molecule has 0 radical (unpaired) electrons. The first kappa shape index (κ1) is 21.3. The van der Waals surface area contributed by atoms with Gasteiger partial charge in [0.2, 0.25) is 0 Å². The van der Waals surface area contributed by atoms with E-state index < -0.39 is 24.2 Å². The van der Waals surface area contributed by atoms with E-state index >= 15 is 0 Å². The van der Waals surface area contributed by atoms with Gasteiger partial charge in [0.15, 0.2) is 0 Å². The molecule has 8 nitrogen and oxygen atoms in total. The zero-order chi connectivity index (χ0) is 18.8. The summed E-state index contributed by atoms with van der Waals surface area (Å²) in [4.78, 5) is 23.3. The molecule has 11 heteroatoms. The molecule has 2 aromatic rings. The van der Waals surface area contributed by atoms with Gasteiger partial charge in [-0.15, -0.1) is 0 Å². The highest BCUT2D eigenvalue weighted by Crippen LogP contribution is 2.34. The van der Waals surface area contributed by atoms with Crippen LogP contribution in [0.25, 0.3) is 10.9 Å². The van der Waals surface area contributed by atoms with Crippen molar-refractivity contribution in [1.82, 2.24) is 10.3 Å². The van der Waals surface area contributed by atoms with Crippen LogP contribution in [0.1, 0.15) is 17.3 Å². The molecule has 144 valence electrons. The van der Waals surface area contributed by atoms with Gasteiger partial charge in [-0.05, 0) is 18.1 Å². The van der Waals surface area contributed by atoms with E-state index in [1.165, 1.54) is 0 Å². The van der Waals surface area contributed by atoms with E-state index in [1.54, 1.807) is 7.11 Å². The van der Waals surface area contributed by atoms with Gasteiger partial charge >= 0.3 is 18.1 Å². The Kier molecular flexibility index (Phi) is 6.59. The van der Waals surface area contributed by atoms with Gasteiger partial charge in [-0.3, -0.25) is 10.1 Å². The predicted molar refractivity (Wildman–Crippen MR) is 84.2 cm³/mol. The summed E-state index contributed by atoms with van der Waals surface area (Å²) in [5, 5.41) is 20.4. The summed E-state index contributed by atoms with van der Waals surface area (Å²) in [6.45, 7) is 0.675. The average Bonchev–Trinajstić information content (AvgIpc) is 2.92. The molecule has 3 rings (SSSR count). The number of carbonyl (C=O) groups is 2. The van der Waals surface area contributed by atoms with Crippen molar-refractivity contribution >= 4 is 22.8 Å². The minimum atomic E-state index is -5.08. The normalized spacial score (nSPS) is 15.9. The molecule has 1 unspecified atom stereocenters. The molecule has 1 atom stereocenters. The number of halogens is 3. The van der Waals surface area contributed by atoms with E-state index in [0.717, 1.165) is 34.3 Å². The molecular formula is C15H17F3N2O6. The summed E-state index contributed by atoms with van der Waals surface area (Å²) in [5.74, 6) is -2.87. The molecule has 0 saturated carbocycles. The van der Waals surface area contributed by atoms with Gasteiger partial charge in [0.05, 0.1) is 12.6 Å². The highest BCUT2D eigenvalue weighted by atomic mass is 19.4. The quantitative estimate of drug-likeness (QED) is 0.619. The average molecular weight is 378 g/mol. The van der Waals surface area contributed by atoms with Gasteiger partial charge in [-0.1, -0.05) is 12.1 Å². The number of aromatic nitrogens is 1. The van der Waals surface area contributed by atoms with E-state index in [4.69, 9.17) is 14.6 Å². The Hall–Kier alpha value is -2.79. The Morgan fingerprint density at radius 3 is 2.38 bits per heavy atom. The van der Waals surface area contributed by atoms with Crippen molar-refractivity contribution in [3.63, 3.8) is 0 Å². The van der Waals surface area contributed by atoms with Gasteiger partial charge in [0.1, 0.15) is 11.8 Å². The highest BCUT2D eigenvalue weighted by molar-refractivity contribution is 5.92. The summed E-state index contributed by atoms with van der Waals surface area (Å²) in [6.07, 6.45) is -4.26. The number of methoxy groups -OCH3 is 1. The van der Waals surface area contributed by atoms with Crippen LogP contribution in [0.3, 0.4) is 0 Å². The maximum atomic E-state index is 11.2. The maximum Gasteiger partial charge on any atom is 0.490 e. The highest BCUT2D eigenvalue weighted by Gasteiger charge is 2.38. The second-order valence-corrected chi connectivity index (χ2v) is 5.18. The number of carboxylic acids is 2. The molecule has 0 saturated heterocycles. The Bertz CT molecular complexity index is 803. The van der Waals surface area contributed by atoms with E-state index in [9.17, 15) is 23.1 Å². The SMILES string of the molecule is COc1cccc2c3c([nH]c12)C(C(=O)O)NCC3.O.O=C(O)C(F)(F)F. The van der Waals surface area contributed by atoms with E-state index in [-0.39, 0.29) is 5.48 Å². The molecule has 1 aromatic heterocycles. The number of hydrogen-bond donors (Lipinski definition) is 4. The molecule has 2 heterocycles. The van der Waals surface area contributed by atoms with Crippen LogP contribution in [-0.2, 0) is 16.0 Å². The number of fused-ring (bicyclic) bond motifs is 3. The zero-order valence-corrected chi connectivity index (χ0v) is 13.5. The summed E-state index contributed by atoms with van der Waals surface area (Å²) in [7, 11) is 1.61. The Labute approximate surface area is 144 Å². The number of ether oxygens (including phenoxy) is 1. The van der Waals surface area contributed by atoms with Crippen LogP contribution in [0.2, 0.25) is 0 Å². The van der Waals surface area contributed by atoms with Crippen LogP contribution in [0.15, 0.2) is 18.2 Å².